The van der Waals surface area contributed by atoms with Gasteiger partial charge in [-0.05, 0) is 49.4 Å². The normalized spacial score (nSPS) is 24.5. The molecule has 3 atom stereocenters. The van der Waals surface area contributed by atoms with E-state index in [1.807, 2.05) is 12.1 Å². The molecule has 1 amide bonds. The summed E-state index contributed by atoms with van der Waals surface area (Å²) in [5, 5.41) is 31.0. The maximum atomic E-state index is 12.4. The Morgan fingerprint density at radius 3 is 2.70 bits per heavy atom. The van der Waals surface area contributed by atoms with E-state index in [2.05, 4.69) is 18.7 Å². The Kier molecular flexibility index (Phi) is 12.1. The van der Waals surface area contributed by atoms with Gasteiger partial charge in [-0.2, -0.15) is 0 Å². The Bertz CT molecular complexity index is 701. The summed E-state index contributed by atoms with van der Waals surface area (Å²) in [6.07, 6.45) is -0.372. The topological polar surface area (TPSA) is 103 Å². The molecule has 3 N–H and O–H groups in total. The van der Waals surface area contributed by atoms with E-state index in [-0.39, 0.29) is 24.8 Å². The Morgan fingerprint density at radius 2 is 2.00 bits per heavy atom. The van der Waals surface area contributed by atoms with Crippen molar-refractivity contribution in [3.8, 4) is 5.75 Å². The number of ether oxygens (including phenoxy) is 2. The van der Waals surface area contributed by atoms with Gasteiger partial charge in [-0.1, -0.05) is 26.0 Å². The predicted octanol–water partition coefficient (Wildman–Crippen LogP) is 2.01. The zero-order valence-corrected chi connectivity index (χ0v) is 20.4. The third-order valence-electron chi connectivity index (χ3n) is 5.95. The molecule has 0 unspecified atom stereocenters. The number of carbonyl (C=O) groups excluding carboxylic acids is 1. The fourth-order valence-corrected chi connectivity index (χ4v) is 3.84. The van der Waals surface area contributed by atoms with Crippen molar-refractivity contribution in [2.75, 3.05) is 46.0 Å². The van der Waals surface area contributed by atoms with Crippen LogP contribution in [-0.2, 0) is 20.8 Å². The highest BCUT2D eigenvalue weighted by atomic mass is 16.5. The number of carbonyl (C=O) groups is 1. The molecule has 0 bridgehead atoms. The molecule has 0 spiro atoms. The van der Waals surface area contributed by atoms with Gasteiger partial charge in [-0.15, -0.1) is 0 Å². The zero-order valence-electron chi connectivity index (χ0n) is 20.4. The minimum Gasteiger partial charge on any atom is -0.508 e. The molecule has 1 aromatic rings. The van der Waals surface area contributed by atoms with Gasteiger partial charge in [0.2, 0.25) is 5.91 Å². The van der Waals surface area contributed by atoms with Crippen LogP contribution < -0.4 is 0 Å². The number of amides is 1. The molecule has 2 rings (SSSR count). The van der Waals surface area contributed by atoms with Crippen molar-refractivity contribution in [2.45, 2.75) is 64.9 Å². The summed E-state index contributed by atoms with van der Waals surface area (Å²) in [5.41, 5.74) is 1.01. The van der Waals surface area contributed by atoms with Gasteiger partial charge < -0.3 is 29.7 Å². The van der Waals surface area contributed by atoms with Gasteiger partial charge in [-0.25, -0.2) is 0 Å². The van der Waals surface area contributed by atoms with E-state index in [1.54, 1.807) is 17.0 Å². The molecule has 1 aliphatic heterocycles. The summed E-state index contributed by atoms with van der Waals surface area (Å²) in [7, 11) is 0. The maximum absolute atomic E-state index is 12.4. The first-order valence-corrected chi connectivity index (χ1v) is 12.1. The molecule has 1 aliphatic rings. The molecular formula is C25H42N2O6. The molecule has 1 saturated heterocycles. The molecule has 1 heterocycles. The van der Waals surface area contributed by atoms with Gasteiger partial charge in [0.15, 0.2) is 0 Å². The third kappa shape index (κ3) is 10.4. The second-order valence-electron chi connectivity index (χ2n) is 9.34. The number of benzene rings is 1. The lowest BCUT2D eigenvalue weighted by Gasteiger charge is -2.33. The van der Waals surface area contributed by atoms with E-state index < -0.39 is 18.3 Å². The van der Waals surface area contributed by atoms with Gasteiger partial charge in [-0.3, -0.25) is 9.69 Å². The van der Waals surface area contributed by atoms with E-state index in [0.29, 0.717) is 38.8 Å². The standard InChI is InChI=1S/C25H42N2O6/c1-19(2)9-14-33-24-17-27(20(3)28)12-11-26(16-21-7-6-8-22(29)15-21)10-4-5-13-32-18-23(30)25(24)31/h6-8,15,19,23-25,29-31H,4-5,9-14,16-18H2,1-3H3/t23-,24-,25-/m1/s1. The first-order valence-electron chi connectivity index (χ1n) is 12.1. The Hall–Kier alpha value is -1.71. The molecule has 33 heavy (non-hydrogen) atoms. The predicted molar refractivity (Wildman–Crippen MR) is 127 cm³/mol. The van der Waals surface area contributed by atoms with Crippen molar-refractivity contribution < 1.29 is 29.6 Å². The fraction of sp³-hybridized carbons (Fsp3) is 0.720. The number of aromatic hydroxyl groups is 1. The lowest BCUT2D eigenvalue weighted by Crippen LogP contribution is -2.50. The summed E-state index contributed by atoms with van der Waals surface area (Å²) in [6, 6.07) is 7.22. The van der Waals surface area contributed by atoms with Crippen LogP contribution in [0, 0.1) is 5.92 Å². The van der Waals surface area contributed by atoms with Crippen LogP contribution in [0.4, 0.5) is 0 Å². The zero-order chi connectivity index (χ0) is 24.2. The molecule has 8 nitrogen and oxygen atoms in total. The van der Waals surface area contributed by atoms with E-state index in [9.17, 15) is 20.1 Å². The highest BCUT2D eigenvalue weighted by molar-refractivity contribution is 5.73. The lowest BCUT2D eigenvalue weighted by atomic mass is 10.1. The van der Waals surface area contributed by atoms with Crippen molar-refractivity contribution in [2.24, 2.45) is 5.92 Å². The van der Waals surface area contributed by atoms with Crippen molar-refractivity contribution in [3.05, 3.63) is 29.8 Å². The summed E-state index contributed by atoms with van der Waals surface area (Å²) in [4.78, 5) is 16.4. The molecule has 1 aromatic carbocycles. The summed E-state index contributed by atoms with van der Waals surface area (Å²) >= 11 is 0. The summed E-state index contributed by atoms with van der Waals surface area (Å²) < 4.78 is 11.5. The Morgan fingerprint density at radius 1 is 1.21 bits per heavy atom. The van der Waals surface area contributed by atoms with Gasteiger partial charge in [0, 0.05) is 46.3 Å². The number of nitrogens with zero attached hydrogens (tertiary/aromatic N) is 2. The fourth-order valence-electron chi connectivity index (χ4n) is 3.84. The lowest BCUT2D eigenvalue weighted by molar-refractivity contribution is -0.140. The number of hydrogen-bond donors (Lipinski definition) is 3. The number of rotatable bonds is 6. The van der Waals surface area contributed by atoms with E-state index >= 15 is 0 Å². The van der Waals surface area contributed by atoms with Gasteiger partial charge in [0.25, 0.3) is 0 Å². The number of phenolic OH excluding ortho intramolecular Hbond substituents is 1. The maximum Gasteiger partial charge on any atom is 0.219 e. The van der Waals surface area contributed by atoms with Crippen LogP contribution in [0.2, 0.25) is 0 Å². The average molecular weight is 467 g/mol. The second kappa shape index (κ2) is 14.5. The number of phenols is 1. The van der Waals surface area contributed by atoms with E-state index in [0.717, 1.165) is 31.4 Å². The van der Waals surface area contributed by atoms with Gasteiger partial charge in [0.05, 0.1) is 6.61 Å². The van der Waals surface area contributed by atoms with E-state index in [4.69, 9.17) is 9.47 Å². The summed E-state index contributed by atoms with van der Waals surface area (Å²) in [6.45, 7) is 9.50. The molecule has 0 aromatic heterocycles. The quantitative estimate of drug-likeness (QED) is 0.589. The van der Waals surface area contributed by atoms with Crippen molar-refractivity contribution >= 4 is 5.91 Å². The first-order chi connectivity index (χ1) is 15.8. The van der Waals surface area contributed by atoms with Crippen molar-refractivity contribution in [1.82, 2.24) is 9.80 Å². The highest BCUT2D eigenvalue weighted by Crippen LogP contribution is 2.15. The van der Waals surface area contributed by atoms with Crippen LogP contribution >= 0.6 is 0 Å². The van der Waals surface area contributed by atoms with Crippen molar-refractivity contribution in [3.63, 3.8) is 0 Å². The third-order valence-corrected chi connectivity index (χ3v) is 5.95. The first kappa shape index (κ1) is 27.5. The van der Waals surface area contributed by atoms with Crippen LogP contribution in [0.3, 0.4) is 0 Å². The smallest absolute Gasteiger partial charge is 0.219 e. The van der Waals surface area contributed by atoms with Gasteiger partial charge >= 0.3 is 0 Å². The minimum atomic E-state index is -1.15. The van der Waals surface area contributed by atoms with Crippen LogP contribution in [0.1, 0.15) is 45.6 Å². The van der Waals surface area contributed by atoms with Crippen molar-refractivity contribution in [1.29, 1.82) is 0 Å². The molecule has 188 valence electrons. The molecule has 0 radical (unpaired) electrons. The second-order valence-corrected chi connectivity index (χ2v) is 9.34. The van der Waals surface area contributed by atoms with Gasteiger partial charge in [0.1, 0.15) is 24.1 Å². The SMILES string of the molecule is CC(=O)N1CCN(Cc2cccc(O)c2)CCCCOC[C@@H](O)[C@@H](O)[C@H](OCCC(C)C)C1. The highest BCUT2D eigenvalue weighted by Gasteiger charge is 2.30. The largest absolute Gasteiger partial charge is 0.508 e. The Labute approximate surface area is 198 Å². The molecule has 1 fully saturated rings. The van der Waals surface area contributed by atoms with Crippen LogP contribution in [0.25, 0.3) is 0 Å². The van der Waals surface area contributed by atoms with Crippen LogP contribution in [0.5, 0.6) is 5.75 Å². The molecule has 8 heteroatoms. The van der Waals surface area contributed by atoms with E-state index in [1.165, 1.54) is 6.92 Å². The van der Waals surface area contributed by atoms with Crippen LogP contribution in [0.15, 0.2) is 24.3 Å². The molecule has 0 saturated carbocycles. The molecular weight excluding hydrogens is 424 g/mol. The van der Waals surface area contributed by atoms with Crippen LogP contribution in [-0.4, -0.2) is 95.3 Å². The summed E-state index contributed by atoms with van der Waals surface area (Å²) in [5.74, 6) is 0.584. The minimum absolute atomic E-state index is 0.0261. The number of aliphatic hydroxyl groups excluding tert-OH is 2. The molecule has 0 aliphatic carbocycles. The number of hydrogen-bond acceptors (Lipinski definition) is 7. The monoisotopic (exact) mass is 466 g/mol. The number of aliphatic hydroxyl groups is 2. The Balaban J connectivity index is 2.12. The average Bonchev–Trinajstić information content (AvgIpc) is 2.75.